The fraction of sp³-hybridized carbons (Fsp3) is 0.875. The number of amides is 1. The van der Waals surface area contributed by atoms with Gasteiger partial charge in [-0.3, -0.25) is 4.79 Å². The van der Waals surface area contributed by atoms with Crippen molar-refractivity contribution in [1.29, 1.82) is 0 Å². The van der Waals surface area contributed by atoms with Crippen molar-refractivity contribution in [2.75, 3.05) is 26.9 Å². The van der Waals surface area contributed by atoms with Crippen LogP contribution in [-0.4, -0.2) is 38.5 Å². The van der Waals surface area contributed by atoms with Crippen molar-refractivity contribution in [3.8, 4) is 0 Å². The smallest absolute Gasteiger partial charge is 0.219 e. The fourth-order valence-electron chi connectivity index (χ4n) is 1.81. The zero-order valence-corrected chi connectivity index (χ0v) is 14.0. The van der Waals surface area contributed by atoms with E-state index in [9.17, 15) is 4.79 Å². The van der Waals surface area contributed by atoms with E-state index in [1.54, 1.807) is 7.11 Å². The SMILES string of the molecule is CCCCNC(=O)CCCCC/C(C)=N/OCCCOC. The fourth-order valence-corrected chi connectivity index (χ4v) is 1.81. The highest BCUT2D eigenvalue weighted by atomic mass is 16.6. The van der Waals surface area contributed by atoms with E-state index in [4.69, 9.17) is 9.57 Å². The molecule has 0 aromatic rings. The molecule has 0 aromatic heterocycles. The molecular weight excluding hydrogens is 268 g/mol. The van der Waals surface area contributed by atoms with Gasteiger partial charge < -0.3 is 14.9 Å². The number of carbonyl (C=O) groups excluding carboxylic acids is 1. The number of hydrogen-bond acceptors (Lipinski definition) is 4. The molecule has 1 N–H and O–H groups in total. The van der Waals surface area contributed by atoms with Crippen LogP contribution in [0, 0.1) is 0 Å². The minimum atomic E-state index is 0.176. The minimum Gasteiger partial charge on any atom is -0.396 e. The molecule has 1 amide bonds. The van der Waals surface area contributed by atoms with Crippen LogP contribution in [0.4, 0.5) is 0 Å². The first-order valence-electron chi connectivity index (χ1n) is 8.11. The first-order chi connectivity index (χ1) is 10.2. The van der Waals surface area contributed by atoms with Gasteiger partial charge in [-0.25, -0.2) is 0 Å². The number of rotatable bonds is 14. The summed E-state index contributed by atoms with van der Waals surface area (Å²) in [7, 11) is 1.68. The van der Waals surface area contributed by atoms with Gasteiger partial charge in [-0.05, 0) is 32.6 Å². The van der Waals surface area contributed by atoms with Crippen molar-refractivity contribution in [3.05, 3.63) is 0 Å². The topological polar surface area (TPSA) is 59.9 Å². The van der Waals surface area contributed by atoms with Crippen molar-refractivity contribution in [1.82, 2.24) is 5.32 Å². The molecular formula is C16H32N2O3. The van der Waals surface area contributed by atoms with Gasteiger partial charge in [0.15, 0.2) is 0 Å². The van der Waals surface area contributed by atoms with E-state index in [-0.39, 0.29) is 5.91 Å². The third-order valence-electron chi connectivity index (χ3n) is 3.10. The lowest BCUT2D eigenvalue weighted by Gasteiger charge is -2.04. The second-order valence-electron chi connectivity index (χ2n) is 5.27. The molecule has 0 saturated heterocycles. The standard InChI is InChI=1S/C16H32N2O3/c1-4-5-12-17-16(19)11-8-6-7-10-15(2)18-21-14-9-13-20-3/h4-14H2,1-3H3,(H,17,19)/b18-15+. The van der Waals surface area contributed by atoms with Crippen LogP contribution < -0.4 is 5.32 Å². The van der Waals surface area contributed by atoms with E-state index in [2.05, 4.69) is 17.4 Å². The molecule has 0 spiro atoms. The summed E-state index contributed by atoms with van der Waals surface area (Å²) >= 11 is 0. The maximum atomic E-state index is 11.5. The largest absolute Gasteiger partial charge is 0.396 e. The van der Waals surface area contributed by atoms with E-state index in [1.807, 2.05) is 6.92 Å². The van der Waals surface area contributed by atoms with Gasteiger partial charge in [0.1, 0.15) is 6.61 Å². The molecule has 0 aromatic carbocycles. The second kappa shape index (κ2) is 15.3. The molecule has 21 heavy (non-hydrogen) atoms. The average Bonchev–Trinajstić information content (AvgIpc) is 2.47. The number of unbranched alkanes of at least 4 members (excludes halogenated alkanes) is 3. The van der Waals surface area contributed by atoms with Gasteiger partial charge in [0, 0.05) is 33.1 Å². The maximum Gasteiger partial charge on any atom is 0.219 e. The Kier molecular flexibility index (Phi) is 14.5. The Balaban J connectivity index is 3.40. The molecule has 5 heteroatoms. The summed E-state index contributed by atoms with van der Waals surface area (Å²) in [4.78, 5) is 16.7. The van der Waals surface area contributed by atoms with Gasteiger partial charge >= 0.3 is 0 Å². The molecule has 0 rings (SSSR count). The highest BCUT2D eigenvalue weighted by molar-refractivity contribution is 5.81. The van der Waals surface area contributed by atoms with Gasteiger partial charge in [-0.15, -0.1) is 0 Å². The van der Waals surface area contributed by atoms with Crippen LogP contribution in [-0.2, 0) is 14.4 Å². The Labute approximate surface area is 129 Å². The second-order valence-corrected chi connectivity index (χ2v) is 5.27. The van der Waals surface area contributed by atoms with Gasteiger partial charge in [0.05, 0.1) is 5.71 Å². The average molecular weight is 300 g/mol. The molecule has 0 aliphatic rings. The molecule has 0 saturated carbocycles. The maximum absolute atomic E-state index is 11.5. The molecule has 0 aliphatic carbocycles. The lowest BCUT2D eigenvalue weighted by atomic mass is 10.1. The van der Waals surface area contributed by atoms with E-state index >= 15 is 0 Å². The quantitative estimate of drug-likeness (QED) is 0.304. The Morgan fingerprint density at radius 2 is 1.81 bits per heavy atom. The Morgan fingerprint density at radius 1 is 1.05 bits per heavy atom. The normalized spacial score (nSPS) is 11.5. The van der Waals surface area contributed by atoms with E-state index in [0.29, 0.717) is 19.6 Å². The third kappa shape index (κ3) is 15.1. The summed E-state index contributed by atoms with van der Waals surface area (Å²) in [6, 6.07) is 0. The van der Waals surface area contributed by atoms with E-state index in [1.165, 1.54) is 0 Å². The molecule has 0 atom stereocenters. The lowest BCUT2D eigenvalue weighted by molar-refractivity contribution is -0.121. The summed E-state index contributed by atoms with van der Waals surface area (Å²) in [6.45, 7) is 6.21. The summed E-state index contributed by atoms with van der Waals surface area (Å²) < 4.78 is 4.93. The first-order valence-corrected chi connectivity index (χ1v) is 8.11. The molecule has 0 radical (unpaired) electrons. The Bertz CT molecular complexity index is 281. The van der Waals surface area contributed by atoms with Crippen molar-refractivity contribution in [3.63, 3.8) is 0 Å². The van der Waals surface area contributed by atoms with Crippen LogP contribution in [0.5, 0.6) is 0 Å². The number of carbonyl (C=O) groups is 1. The minimum absolute atomic E-state index is 0.176. The molecule has 0 aliphatic heterocycles. The number of methoxy groups -OCH3 is 1. The monoisotopic (exact) mass is 300 g/mol. The summed E-state index contributed by atoms with van der Waals surface area (Å²) in [5.74, 6) is 0.176. The van der Waals surface area contributed by atoms with Crippen LogP contribution in [0.25, 0.3) is 0 Å². The number of nitrogens with one attached hydrogen (secondary N) is 1. The zero-order valence-electron chi connectivity index (χ0n) is 14.0. The first kappa shape index (κ1) is 19.9. The number of nitrogens with zero attached hydrogens (tertiary/aromatic N) is 1. The summed E-state index contributed by atoms with van der Waals surface area (Å²) in [5.41, 5.74) is 1.01. The number of hydrogen-bond donors (Lipinski definition) is 1. The summed E-state index contributed by atoms with van der Waals surface area (Å²) in [5, 5.41) is 7.00. The predicted molar refractivity (Wildman–Crippen MR) is 86.6 cm³/mol. The van der Waals surface area contributed by atoms with Crippen molar-refractivity contribution in [2.45, 2.75) is 65.2 Å². The molecule has 0 heterocycles. The van der Waals surface area contributed by atoms with E-state index < -0.39 is 0 Å². The molecule has 124 valence electrons. The Hall–Kier alpha value is -1.10. The third-order valence-corrected chi connectivity index (χ3v) is 3.10. The molecule has 0 unspecified atom stereocenters. The summed E-state index contributed by atoms with van der Waals surface area (Å²) in [6.07, 6.45) is 7.66. The van der Waals surface area contributed by atoms with Crippen LogP contribution in [0.3, 0.4) is 0 Å². The number of ether oxygens (including phenoxy) is 1. The lowest BCUT2D eigenvalue weighted by Crippen LogP contribution is -2.23. The molecule has 5 nitrogen and oxygen atoms in total. The highest BCUT2D eigenvalue weighted by Gasteiger charge is 2.00. The number of oxime groups is 1. The van der Waals surface area contributed by atoms with Crippen molar-refractivity contribution < 1.29 is 14.4 Å². The van der Waals surface area contributed by atoms with Crippen LogP contribution in [0.15, 0.2) is 5.16 Å². The van der Waals surface area contributed by atoms with Crippen LogP contribution in [0.2, 0.25) is 0 Å². The molecule has 0 bridgehead atoms. The van der Waals surface area contributed by atoms with Gasteiger partial charge in [0.25, 0.3) is 0 Å². The Morgan fingerprint density at radius 3 is 2.52 bits per heavy atom. The highest BCUT2D eigenvalue weighted by Crippen LogP contribution is 2.04. The van der Waals surface area contributed by atoms with Crippen LogP contribution in [0.1, 0.15) is 65.2 Å². The van der Waals surface area contributed by atoms with Gasteiger partial charge in [-0.2, -0.15) is 0 Å². The van der Waals surface area contributed by atoms with Gasteiger partial charge in [0.2, 0.25) is 5.91 Å². The van der Waals surface area contributed by atoms with Crippen LogP contribution >= 0.6 is 0 Å². The van der Waals surface area contributed by atoms with Crippen molar-refractivity contribution >= 4 is 11.6 Å². The predicted octanol–water partition coefficient (Wildman–Crippen LogP) is 3.28. The van der Waals surface area contributed by atoms with Gasteiger partial charge in [-0.1, -0.05) is 24.9 Å². The van der Waals surface area contributed by atoms with E-state index in [0.717, 1.165) is 57.2 Å². The molecule has 0 fully saturated rings. The van der Waals surface area contributed by atoms with Crippen molar-refractivity contribution in [2.24, 2.45) is 5.16 Å². The zero-order chi connectivity index (χ0) is 15.8.